The summed E-state index contributed by atoms with van der Waals surface area (Å²) in [6, 6.07) is 21.1. The summed E-state index contributed by atoms with van der Waals surface area (Å²) in [7, 11) is -2.44. The van der Waals surface area contributed by atoms with E-state index in [2.05, 4.69) is 5.32 Å². The molecule has 1 aromatic heterocycles. The number of nitrogens with one attached hydrogen (secondary N) is 1. The molecule has 0 aliphatic carbocycles. The number of rotatable bonds is 5. The van der Waals surface area contributed by atoms with Crippen molar-refractivity contribution in [2.24, 2.45) is 0 Å². The molecule has 0 spiro atoms. The molecule has 154 valence electrons. The van der Waals surface area contributed by atoms with Crippen molar-refractivity contribution < 1.29 is 17.9 Å². The zero-order valence-corrected chi connectivity index (χ0v) is 17.3. The van der Waals surface area contributed by atoms with Crippen LogP contribution in [0.25, 0.3) is 10.9 Å². The van der Waals surface area contributed by atoms with Crippen molar-refractivity contribution in [2.75, 3.05) is 12.4 Å². The first kappa shape index (κ1) is 20.2. The van der Waals surface area contributed by atoms with Crippen LogP contribution in [-0.4, -0.2) is 25.4 Å². The molecule has 31 heavy (non-hydrogen) atoms. The number of methoxy groups -OCH3 is 1. The van der Waals surface area contributed by atoms with Gasteiger partial charge in [-0.1, -0.05) is 12.1 Å². The standard InChI is InChI=1S/C23H17N3O4S/c1-30-19-9-11-20(12-10-19)31(28,29)26-14-13-17-3-2-4-21(22(17)26)23(27)25-18-7-5-16(15-24)6-8-18/h2-14H,1H3,(H,25,27). The summed E-state index contributed by atoms with van der Waals surface area (Å²) in [5.74, 6) is 0.0824. The maximum absolute atomic E-state index is 13.3. The molecule has 0 saturated carbocycles. The molecular weight excluding hydrogens is 414 g/mol. The number of benzene rings is 3. The lowest BCUT2D eigenvalue weighted by Crippen LogP contribution is -2.17. The lowest BCUT2D eigenvalue weighted by Gasteiger charge is -2.12. The van der Waals surface area contributed by atoms with Crippen LogP contribution in [0, 0.1) is 11.3 Å². The summed E-state index contributed by atoms with van der Waals surface area (Å²) in [4.78, 5) is 13.1. The quantitative estimate of drug-likeness (QED) is 0.514. The first-order valence-corrected chi connectivity index (χ1v) is 10.7. The highest BCUT2D eigenvalue weighted by atomic mass is 32.2. The first-order valence-electron chi connectivity index (χ1n) is 9.25. The number of carbonyl (C=O) groups excluding carboxylic acids is 1. The highest BCUT2D eigenvalue weighted by Crippen LogP contribution is 2.27. The van der Waals surface area contributed by atoms with Gasteiger partial charge in [-0.25, -0.2) is 12.4 Å². The molecule has 0 radical (unpaired) electrons. The van der Waals surface area contributed by atoms with E-state index in [-0.39, 0.29) is 16.0 Å². The Hall–Kier alpha value is -4.09. The third-order valence-electron chi connectivity index (χ3n) is 4.81. The summed E-state index contributed by atoms with van der Waals surface area (Å²) in [5.41, 5.74) is 1.46. The fourth-order valence-electron chi connectivity index (χ4n) is 3.24. The first-order chi connectivity index (χ1) is 14.9. The Kier molecular flexibility index (Phi) is 5.19. The Balaban J connectivity index is 1.76. The highest BCUT2D eigenvalue weighted by Gasteiger charge is 2.22. The van der Waals surface area contributed by atoms with Crippen molar-refractivity contribution in [3.63, 3.8) is 0 Å². The smallest absolute Gasteiger partial charge is 0.268 e. The fourth-order valence-corrected chi connectivity index (χ4v) is 4.61. The molecule has 7 nitrogen and oxygen atoms in total. The maximum Gasteiger partial charge on any atom is 0.268 e. The molecule has 0 aliphatic heterocycles. The SMILES string of the molecule is COc1ccc(S(=O)(=O)n2ccc3cccc(C(=O)Nc4ccc(C#N)cc4)c32)cc1. The Bertz CT molecular complexity index is 1410. The summed E-state index contributed by atoms with van der Waals surface area (Å²) >= 11 is 0. The third-order valence-corrected chi connectivity index (χ3v) is 6.50. The Labute approximate surface area is 179 Å². The van der Waals surface area contributed by atoms with Crippen LogP contribution >= 0.6 is 0 Å². The number of para-hydroxylation sites is 1. The Morgan fingerprint density at radius 1 is 1.00 bits per heavy atom. The summed E-state index contributed by atoms with van der Waals surface area (Å²) in [6.45, 7) is 0. The van der Waals surface area contributed by atoms with E-state index in [4.69, 9.17) is 10.00 Å². The summed E-state index contributed by atoms with van der Waals surface area (Å²) in [6.07, 6.45) is 1.43. The number of anilines is 1. The molecule has 1 amide bonds. The second-order valence-corrected chi connectivity index (χ2v) is 8.49. The molecule has 4 rings (SSSR count). The third kappa shape index (κ3) is 3.74. The van der Waals surface area contributed by atoms with Gasteiger partial charge >= 0.3 is 0 Å². The van der Waals surface area contributed by atoms with E-state index in [1.54, 1.807) is 60.7 Å². The van der Waals surface area contributed by atoms with E-state index >= 15 is 0 Å². The van der Waals surface area contributed by atoms with Gasteiger partial charge in [-0.2, -0.15) is 5.26 Å². The molecule has 0 saturated heterocycles. The molecule has 0 unspecified atom stereocenters. The fraction of sp³-hybridized carbons (Fsp3) is 0.0435. The second-order valence-electron chi connectivity index (χ2n) is 6.68. The molecule has 1 heterocycles. The Morgan fingerprint density at radius 3 is 2.35 bits per heavy atom. The molecule has 0 aliphatic rings. The minimum Gasteiger partial charge on any atom is -0.497 e. The second kappa shape index (κ2) is 7.97. The monoisotopic (exact) mass is 431 g/mol. The number of amides is 1. The number of hydrogen-bond donors (Lipinski definition) is 1. The molecule has 8 heteroatoms. The molecule has 0 fully saturated rings. The van der Waals surface area contributed by atoms with Gasteiger partial charge in [0.15, 0.2) is 0 Å². The van der Waals surface area contributed by atoms with E-state index in [0.717, 1.165) is 3.97 Å². The van der Waals surface area contributed by atoms with Crippen molar-refractivity contribution in [1.82, 2.24) is 3.97 Å². The largest absolute Gasteiger partial charge is 0.497 e. The maximum atomic E-state index is 13.3. The van der Waals surface area contributed by atoms with Crippen molar-refractivity contribution in [2.45, 2.75) is 4.90 Å². The summed E-state index contributed by atoms with van der Waals surface area (Å²) in [5, 5.41) is 12.3. The number of nitrogens with zero attached hydrogens (tertiary/aromatic N) is 2. The van der Waals surface area contributed by atoms with Gasteiger partial charge in [-0.15, -0.1) is 0 Å². The minimum absolute atomic E-state index is 0.0769. The van der Waals surface area contributed by atoms with Crippen molar-refractivity contribution >= 4 is 32.5 Å². The van der Waals surface area contributed by atoms with Gasteiger partial charge in [0.05, 0.1) is 34.7 Å². The normalized spacial score (nSPS) is 11.1. The lowest BCUT2D eigenvalue weighted by molar-refractivity contribution is 0.102. The predicted octanol–water partition coefficient (Wildman–Crippen LogP) is 4.01. The molecule has 3 aromatic carbocycles. The van der Waals surface area contributed by atoms with Gasteiger partial charge in [0.1, 0.15) is 5.75 Å². The van der Waals surface area contributed by atoms with E-state index in [1.807, 2.05) is 6.07 Å². The predicted molar refractivity (Wildman–Crippen MR) is 117 cm³/mol. The van der Waals surface area contributed by atoms with Gasteiger partial charge in [0.2, 0.25) is 0 Å². The minimum atomic E-state index is -3.94. The van der Waals surface area contributed by atoms with Crippen molar-refractivity contribution in [1.29, 1.82) is 5.26 Å². The number of ether oxygens (including phenoxy) is 1. The topological polar surface area (TPSA) is 101 Å². The van der Waals surface area contributed by atoms with Gasteiger partial charge < -0.3 is 10.1 Å². The van der Waals surface area contributed by atoms with Crippen LogP contribution in [0.1, 0.15) is 15.9 Å². The number of fused-ring (bicyclic) bond motifs is 1. The number of aromatic nitrogens is 1. The van der Waals surface area contributed by atoms with Crippen LogP contribution in [0.4, 0.5) is 5.69 Å². The average Bonchev–Trinajstić information content (AvgIpc) is 3.25. The van der Waals surface area contributed by atoms with Crippen LogP contribution < -0.4 is 10.1 Å². The van der Waals surface area contributed by atoms with Crippen LogP contribution in [0.5, 0.6) is 5.75 Å². The average molecular weight is 431 g/mol. The zero-order valence-electron chi connectivity index (χ0n) is 16.4. The van der Waals surface area contributed by atoms with E-state index in [1.165, 1.54) is 25.4 Å². The van der Waals surface area contributed by atoms with Gasteiger partial charge in [-0.05, 0) is 60.7 Å². The number of hydrogen-bond acceptors (Lipinski definition) is 5. The molecule has 0 atom stereocenters. The van der Waals surface area contributed by atoms with E-state index < -0.39 is 15.9 Å². The molecule has 4 aromatic rings. The van der Waals surface area contributed by atoms with Gasteiger partial charge in [0, 0.05) is 17.3 Å². The molecule has 0 bridgehead atoms. The van der Waals surface area contributed by atoms with Crippen molar-refractivity contribution in [3.8, 4) is 11.8 Å². The summed E-state index contributed by atoms with van der Waals surface area (Å²) < 4.78 is 32.7. The van der Waals surface area contributed by atoms with Gasteiger partial charge in [0.25, 0.3) is 15.9 Å². The van der Waals surface area contributed by atoms with Crippen LogP contribution in [0.2, 0.25) is 0 Å². The highest BCUT2D eigenvalue weighted by molar-refractivity contribution is 7.90. The Morgan fingerprint density at radius 2 is 1.71 bits per heavy atom. The lowest BCUT2D eigenvalue weighted by atomic mass is 10.1. The van der Waals surface area contributed by atoms with Crippen LogP contribution in [-0.2, 0) is 10.0 Å². The number of nitriles is 1. The van der Waals surface area contributed by atoms with Crippen LogP contribution in [0.3, 0.4) is 0 Å². The van der Waals surface area contributed by atoms with E-state index in [0.29, 0.717) is 22.4 Å². The van der Waals surface area contributed by atoms with Crippen LogP contribution in [0.15, 0.2) is 83.9 Å². The molecular formula is C23H17N3O4S. The van der Waals surface area contributed by atoms with Gasteiger partial charge in [-0.3, -0.25) is 4.79 Å². The number of carbonyl (C=O) groups is 1. The van der Waals surface area contributed by atoms with Crippen molar-refractivity contribution in [3.05, 3.63) is 90.1 Å². The van der Waals surface area contributed by atoms with E-state index in [9.17, 15) is 13.2 Å². The molecule has 1 N–H and O–H groups in total. The zero-order chi connectivity index (χ0) is 22.0.